The van der Waals surface area contributed by atoms with Gasteiger partial charge in [0.1, 0.15) is 11.9 Å². The number of nitrogens with one attached hydrogen (secondary N) is 1. The third-order valence-electron chi connectivity index (χ3n) is 3.57. The third-order valence-corrected chi connectivity index (χ3v) is 5.48. The number of hydrogen-bond acceptors (Lipinski definition) is 5. The van der Waals surface area contributed by atoms with Crippen molar-refractivity contribution in [3.05, 3.63) is 23.9 Å². The molecule has 1 atom stereocenters. The van der Waals surface area contributed by atoms with Gasteiger partial charge in [-0.1, -0.05) is 6.42 Å². The van der Waals surface area contributed by atoms with E-state index < -0.39 is 16.1 Å². The Labute approximate surface area is 135 Å². The first-order chi connectivity index (χ1) is 10.4. The van der Waals surface area contributed by atoms with Gasteiger partial charge in [-0.25, -0.2) is 13.4 Å². The van der Waals surface area contributed by atoms with Crippen LogP contribution in [0.15, 0.2) is 18.3 Å². The van der Waals surface area contributed by atoms with Crippen molar-refractivity contribution in [2.24, 2.45) is 0 Å². The maximum Gasteiger partial charge on any atom is 0.243 e. The summed E-state index contributed by atoms with van der Waals surface area (Å²) in [7, 11) is -3.38. The van der Waals surface area contributed by atoms with Gasteiger partial charge >= 0.3 is 0 Å². The van der Waals surface area contributed by atoms with Crippen molar-refractivity contribution < 1.29 is 13.2 Å². The van der Waals surface area contributed by atoms with Crippen molar-refractivity contribution in [2.75, 3.05) is 24.4 Å². The second-order valence-electron chi connectivity index (χ2n) is 5.36. The van der Waals surface area contributed by atoms with E-state index in [0.29, 0.717) is 18.8 Å². The largest absolute Gasteiger partial charge is 0.309 e. The minimum absolute atomic E-state index is 0.307. The Morgan fingerprint density at radius 3 is 2.95 bits per heavy atom. The van der Waals surface area contributed by atoms with Crippen molar-refractivity contribution in [1.29, 1.82) is 0 Å². The number of carbonyl (C=O) groups is 1. The second-order valence-corrected chi connectivity index (χ2v) is 8.16. The minimum Gasteiger partial charge on any atom is -0.309 e. The van der Waals surface area contributed by atoms with Crippen molar-refractivity contribution in [3.63, 3.8) is 0 Å². The molecule has 22 heavy (non-hydrogen) atoms. The summed E-state index contributed by atoms with van der Waals surface area (Å²) in [6.07, 6.45) is 6.99. The number of aromatic nitrogens is 1. The number of rotatable bonds is 5. The van der Waals surface area contributed by atoms with Crippen molar-refractivity contribution in [1.82, 2.24) is 9.29 Å². The first kappa shape index (κ1) is 17.2. The molecule has 0 saturated carbocycles. The summed E-state index contributed by atoms with van der Waals surface area (Å²) < 4.78 is 24.9. The van der Waals surface area contributed by atoms with Crippen LogP contribution in [0.2, 0.25) is 0 Å². The second kappa shape index (κ2) is 7.43. The molecule has 1 aromatic rings. The lowest BCUT2D eigenvalue weighted by atomic mass is 10.0. The predicted molar refractivity (Wildman–Crippen MR) is 89.3 cm³/mol. The predicted octanol–water partition coefficient (Wildman–Crippen LogP) is 1.70. The Balaban J connectivity index is 2.11. The van der Waals surface area contributed by atoms with Crippen LogP contribution in [0, 0.1) is 0 Å². The molecule has 0 bridgehead atoms. The summed E-state index contributed by atoms with van der Waals surface area (Å²) in [5.74, 6) is 0.999. The first-order valence-corrected chi connectivity index (χ1v) is 10.4. The molecular formula is C14H21N3O3S2. The van der Waals surface area contributed by atoms with Gasteiger partial charge < -0.3 is 5.32 Å². The number of pyridine rings is 1. The van der Waals surface area contributed by atoms with E-state index >= 15 is 0 Å². The van der Waals surface area contributed by atoms with E-state index in [1.165, 1.54) is 4.31 Å². The van der Waals surface area contributed by atoms with Gasteiger partial charge in [-0.15, -0.1) is 0 Å². The number of nitrogens with zero attached hydrogens (tertiary/aromatic N) is 2. The average molecular weight is 343 g/mol. The van der Waals surface area contributed by atoms with E-state index in [4.69, 9.17) is 0 Å². The van der Waals surface area contributed by atoms with Crippen LogP contribution < -0.4 is 5.32 Å². The molecule has 6 nitrogen and oxygen atoms in total. The van der Waals surface area contributed by atoms with E-state index in [0.717, 1.165) is 30.4 Å². The zero-order valence-corrected chi connectivity index (χ0v) is 14.4. The molecule has 122 valence electrons. The zero-order valence-electron chi connectivity index (χ0n) is 12.8. The topological polar surface area (TPSA) is 79.4 Å². The smallest absolute Gasteiger partial charge is 0.243 e. The van der Waals surface area contributed by atoms with Gasteiger partial charge in [0.15, 0.2) is 0 Å². The van der Waals surface area contributed by atoms with Gasteiger partial charge in [0.25, 0.3) is 0 Å². The molecule has 0 aromatic carbocycles. The molecular weight excluding hydrogens is 322 g/mol. The molecule has 1 aromatic heterocycles. The van der Waals surface area contributed by atoms with Crippen LogP contribution in [-0.2, 0) is 20.6 Å². The highest BCUT2D eigenvalue weighted by Crippen LogP contribution is 2.21. The van der Waals surface area contributed by atoms with Crippen molar-refractivity contribution >= 4 is 33.5 Å². The number of piperidine rings is 1. The maximum absolute atomic E-state index is 12.4. The number of thioether (sulfide) groups is 1. The number of carbonyl (C=O) groups excluding carboxylic acids is 1. The normalized spacial score (nSPS) is 19.8. The van der Waals surface area contributed by atoms with Crippen LogP contribution >= 0.6 is 11.8 Å². The number of amides is 1. The summed E-state index contributed by atoms with van der Waals surface area (Å²) in [5.41, 5.74) is 1.07. The molecule has 2 rings (SSSR count). The van der Waals surface area contributed by atoms with Crippen LogP contribution in [0.4, 0.5) is 5.82 Å². The number of hydrogen-bond donors (Lipinski definition) is 1. The molecule has 0 spiro atoms. The molecule has 1 amide bonds. The Hall–Kier alpha value is -1.12. The number of anilines is 1. The fourth-order valence-electron chi connectivity index (χ4n) is 2.57. The third kappa shape index (κ3) is 4.44. The summed E-state index contributed by atoms with van der Waals surface area (Å²) in [5, 5.41) is 2.75. The lowest BCUT2D eigenvalue weighted by molar-refractivity contribution is -0.120. The van der Waals surface area contributed by atoms with Gasteiger partial charge in [0.05, 0.1) is 6.26 Å². The van der Waals surface area contributed by atoms with E-state index in [-0.39, 0.29) is 5.91 Å². The molecule has 1 saturated heterocycles. The highest BCUT2D eigenvalue weighted by Gasteiger charge is 2.34. The highest BCUT2D eigenvalue weighted by molar-refractivity contribution is 7.97. The zero-order chi connectivity index (χ0) is 16.2. The maximum atomic E-state index is 12.4. The Morgan fingerprint density at radius 2 is 2.27 bits per heavy atom. The van der Waals surface area contributed by atoms with Crippen LogP contribution in [0.25, 0.3) is 0 Å². The summed E-state index contributed by atoms with van der Waals surface area (Å²) >= 11 is 1.69. The fourth-order valence-corrected chi connectivity index (χ4v) is 4.21. The molecule has 1 N–H and O–H groups in total. The minimum atomic E-state index is -3.38. The Kier molecular flexibility index (Phi) is 5.82. The Bertz CT molecular complexity index is 634. The molecule has 1 aliphatic heterocycles. The van der Waals surface area contributed by atoms with E-state index in [1.807, 2.05) is 18.4 Å². The SMILES string of the molecule is CSCc1ccnc(NC(=O)[C@H]2CCCCN2S(C)(=O)=O)c1. The molecule has 2 heterocycles. The van der Waals surface area contributed by atoms with Crippen LogP contribution in [-0.4, -0.2) is 48.7 Å². The van der Waals surface area contributed by atoms with Gasteiger partial charge in [0, 0.05) is 18.5 Å². The van der Waals surface area contributed by atoms with Crippen LogP contribution in [0.5, 0.6) is 0 Å². The highest BCUT2D eigenvalue weighted by atomic mass is 32.2. The van der Waals surface area contributed by atoms with E-state index in [2.05, 4.69) is 10.3 Å². The first-order valence-electron chi connectivity index (χ1n) is 7.13. The molecule has 8 heteroatoms. The average Bonchev–Trinajstić information content (AvgIpc) is 2.47. The quantitative estimate of drug-likeness (QED) is 0.880. The fraction of sp³-hybridized carbons (Fsp3) is 0.571. The molecule has 0 unspecified atom stereocenters. The van der Waals surface area contributed by atoms with Gasteiger partial charge in [-0.05, 0) is 36.8 Å². The summed E-state index contributed by atoms with van der Waals surface area (Å²) in [6.45, 7) is 0.400. The summed E-state index contributed by atoms with van der Waals surface area (Å²) in [4.78, 5) is 16.6. The number of sulfonamides is 1. The lowest BCUT2D eigenvalue weighted by Gasteiger charge is -2.32. The van der Waals surface area contributed by atoms with Crippen molar-refractivity contribution in [2.45, 2.75) is 31.1 Å². The lowest BCUT2D eigenvalue weighted by Crippen LogP contribution is -2.49. The van der Waals surface area contributed by atoms with E-state index in [1.54, 1.807) is 18.0 Å². The summed E-state index contributed by atoms with van der Waals surface area (Å²) in [6, 6.07) is 3.08. The molecule has 0 radical (unpaired) electrons. The van der Waals surface area contributed by atoms with Crippen LogP contribution in [0.1, 0.15) is 24.8 Å². The van der Waals surface area contributed by atoms with Gasteiger partial charge in [-0.2, -0.15) is 16.1 Å². The van der Waals surface area contributed by atoms with Gasteiger partial charge in [0.2, 0.25) is 15.9 Å². The standard InChI is InChI=1S/C14H21N3O3S2/c1-21-10-11-6-7-15-13(9-11)16-14(18)12-5-3-4-8-17(12)22(2,19)20/h6-7,9,12H,3-5,8,10H2,1-2H3,(H,15,16,18)/t12-/m1/s1. The Morgan fingerprint density at radius 1 is 1.50 bits per heavy atom. The molecule has 0 aliphatic carbocycles. The molecule has 1 aliphatic rings. The van der Waals surface area contributed by atoms with E-state index in [9.17, 15) is 13.2 Å². The monoisotopic (exact) mass is 343 g/mol. The van der Waals surface area contributed by atoms with Crippen molar-refractivity contribution in [3.8, 4) is 0 Å². The van der Waals surface area contributed by atoms with Crippen LogP contribution in [0.3, 0.4) is 0 Å². The molecule has 1 fully saturated rings. The van der Waals surface area contributed by atoms with Gasteiger partial charge in [-0.3, -0.25) is 4.79 Å².